The number of halogens is 5. The van der Waals surface area contributed by atoms with Gasteiger partial charge in [0.15, 0.2) is 5.67 Å². The van der Waals surface area contributed by atoms with Crippen molar-refractivity contribution >= 4 is 12.0 Å². The van der Waals surface area contributed by atoms with Gasteiger partial charge in [0.2, 0.25) is 5.91 Å². The summed E-state index contributed by atoms with van der Waals surface area (Å²) in [6.07, 6.45) is -3.88. The second-order valence-electron chi connectivity index (χ2n) is 9.15. The summed E-state index contributed by atoms with van der Waals surface area (Å²) in [6, 6.07) is 2.16. The van der Waals surface area contributed by atoms with E-state index >= 15 is 0 Å². The highest BCUT2D eigenvalue weighted by molar-refractivity contribution is 5.86. The normalized spacial score (nSPS) is 20.6. The molecule has 2 aromatic heterocycles. The number of carbonyl (C=O) groups excluding carboxylic acids is 2. The van der Waals surface area contributed by atoms with E-state index in [0.29, 0.717) is 11.3 Å². The summed E-state index contributed by atoms with van der Waals surface area (Å²) in [5, 5.41) is 2.53. The Labute approximate surface area is 197 Å². The van der Waals surface area contributed by atoms with Crippen molar-refractivity contribution in [1.82, 2.24) is 25.2 Å². The van der Waals surface area contributed by atoms with E-state index in [2.05, 4.69) is 20.3 Å². The predicted molar refractivity (Wildman–Crippen MR) is 113 cm³/mol. The van der Waals surface area contributed by atoms with Crippen LogP contribution >= 0.6 is 0 Å². The van der Waals surface area contributed by atoms with Crippen LogP contribution < -0.4 is 5.32 Å². The molecule has 2 aromatic rings. The standard InChI is InChI=1S/C22H24F5N5O3/c1-20(2,3)35-19(34)32-11-21(24,10-23)7-16(32)18(33)29-9-14-6-15(31-12-30-14)13-4-5-17(28-8-13)22(25,26)27/h4-6,8,12,16H,7,9-11H2,1-3H3,(H,29,33). The fourth-order valence-corrected chi connectivity index (χ4v) is 3.44. The van der Waals surface area contributed by atoms with Crippen LogP contribution in [0.2, 0.25) is 0 Å². The maximum atomic E-state index is 14.7. The lowest BCUT2D eigenvalue weighted by molar-refractivity contribution is -0.141. The van der Waals surface area contributed by atoms with Gasteiger partial charge in [0.05, 0.1) is 24.5 Å². The summed E-state index contributed by atoms with van der Waals surface area (Å²) in [6.45, 7) is 2.66. The third kappa shape index (κ3) is 6.61. The summed E-state index contributed by atoms with van der Waals surface area (Å²) in [5.74, 6) is -0.736. The first-order valence-corrected chi connectivity index (χ1v) is 10.6. The Hall–Kier alpha value is -3.38. The molecule has 1 fully saturated rings. The van der Waals surface area contributed by atoms with Crippen LogP contribution in [-0.4, -0.2) is 62.4 Å². The van der Waals surface area contributed by atoms with Gasteiger partial charge in [-0.3, -0.25) is 14.7 Å². The minimum absolute atomic E-state index is 0.157. The lowest BCUT2D eigenvalue weighted by atomic mass is 10.0. The van der Waals surface area contributed by atoms with E-state index in [4.69, 9.17) is 4.74 Å². The van der Waals surface area contributed by atoms with E-state index in [1.165, 1.54) is 12.1 Å². The van der Waals surface area contributed by atoms with Crippen LogP contribution in [0.5, 0.6) is 0 Å². The number of carbonyl (C=O) groups is 2. The molecule has 2 unspecified atom stereocenters. The number of rotatable bonds is 5. The number of hydrogen-bond acceptors (Lipinski definition) is 6. The Morgan fingerprint density at radius 2 is 1.91 bits per heavy atom. The molecule has 1 aliphatic heterocycles. The summed E-state index contributed by atoms with van der Waals surface area (Å²) in [4.78, 5) is 37.5. The molecule has 2 amide bonds. The first-order chi connectivity index (χ1) is 16.2. The summed E-state index contributed by atoms with van der Waals surface area (Å²) < 4.78 is 71.3. The van der Waals surface area contributed by atoms with Gasteiger partial charge in [0.25, 0.3) is 0 Å². The number of nitrogens with zero attached hydrogens (tertiary/aromatic N) is 4. The van der Waals surface area contributed by atoms with Gasteiger partial charge in [-0.15, -0.1) is 0 Å². The third-order valence-electron chi connectivity index (χ3n) is 5.08. The highest BCUT2D eigenvalue weighted by atomic mass is 19.4. The topological polar surface area (TPSA) is 97.3 Å². The molecular formula is C22H24F5N5O3. The van der Waals surface area contributed by atoms with E-state index in [-0.39, 0.29) is 12.2 Å². The highest BCUT2D eigenvalue weighted by Crippen LogP contribution is 2.33. The molecular weight excluding hydrogens is 477 g/mol. The molecule has 1 N–H and O–H groups in total. The molecule has 0 aromatic carbocycles. The van der Waals surface area contributed by atoms with Gasteiger partial charge in [0, 0.05) is 18.2 Å². The summed E-state index contributed by atoms with van der Waals surface area (Å²) >= 11 is 0. The largest absolute Gasteiger partial charge is 0.444 e. The Morgan fingerprint density at radius 3 is 2.49 bits per heavy atom. The molecule has 0 aliphatic carbocycles. The molecule has 1 saturated heterocycles. The molecule has 13 heteroatoms. The number of likely N-dealkylation sites (tertiary alicyclic amines) is 1. The number of hydrogen-bond donors (Lipinski definition) is 1. The van der Waals surface area contributed by atoms with Crippen molar-refractivity contribution in [3.8, 4) is 11.3 Å². The van der Waals surface area contributed by atoms with Crippen LogP contribution in [0.3, 0.4) is 0 Å². The van der Waals surface area contributed by atoms with Gasteiger partial charge in [-0.1, -0.05) is 0 Å². The van der Waals surface area contributed by atoms with Crippen molar-refractivity contribution in [1.29, 1.82) is 0 Å². The lowest BCUT2D eigenvalue weighted by Crippen LogP contribution is -2.47. The van der Waals surface area contributed by atoms with E-state index in [1.54, 1.807) is 20.8 Å². The molecule has 3 rings (SSSR count). The fraction of sp³-hybridized carbons (Fsp3) is 0.500. The molecule has 0 spiro atoms. The summed E-state index contributed by atoms with van der Waals surface area (Å²) in [7, 11) is 0. The van der Waals surface area contributed by atoms with Gasteiger partial charge < -0.3 is 10.1 Å². The fourth-order valence-electron chi connectivity index (χ4n) is 3.44. The van der Waals surface area contributed by atoms with Crippen molar-refractivity contribution in [3.63, 3.8) is 0 Å². The average molecular weight is 501 g/mol. The molecule has 190 valence electrons. The van der Waals surface area contributed by atoms with Crippen molar-refractivity contribution in [2.24, 2.45) is 0 Å². The van der Waals surface area contributed by atoms with Gasteiger partial charge >= 0.3 is 12.3 Å². The van der Waals surface area contributed by atoms with Crippen molar-refractivity contribution < 1.29 is 36.3 Å². The molecule has 0 bridgehead atoms. The van der Waals surface area contributed by atoms with Crippen molar-refractivity contribution in [2.45, 2.75) is 57.2 Å². The van der Waals surface area contributed by atoms with Crippen LogP contribution in [0.4, 0.5) is 26.7 Å². The van der Waals surface area contributed by atoms with Crippen LogP contribution in [0.1, 0.15) is 38.6 Å². The SMILES string of the molecule is CC(C)(C)OC(=O)N1CC(F)(CF)CC1C(=O)NCc1cc(-c2ccc(C(F)(F)F)nc2)ncn1. The van der Waals surface area contributed by atoms with Gasteiger partial charge in [-0.25, -0.2) is 23.5 Å². The zero-order chi connectivity index (χ0) is 26.0. The monoisotopic (exact) mass is 501 g/mol. The van der Waals surface area contributed by atoms with E-state index in [9.17, 15) is 31.5 Å². The minimum atomic E-state index is -4.58. The number of aromatic nitrogens is 3. The number of amides is 2. The highest BCUT2D eigenvalue weighted by Gasteiger charge is 2.50. The van der Waals surface area contributed by atoms with Gasteiger partial charge in [-0.2, -0.15) is 13.2 Å². The number of nitrogens with one attached hydrogen (secondary N) is 1. The van der Waals surface area contributed by atoms with E-state index < -0.39 is 60.8 Å². The molecule has 35 heavy (non-hydrogen) atoms. The third-order valence-corrected chi connectivity index (χ3v) is 5.08. The summed E-state index contributed by atoms with van der Waals surface area (Å²) in [5.41, 5.74) is -3.48. The minimum Gasteiger partial charge on any atom is -0.444 e. The Bertz CT molecular complexity index is 1070. The van der Waals surface area contributed by atoms with Crippen molar-refractivity contribution in [2.75, 3.05) is 13.2 Å². The zero-order valence-corrected chi connectivity index (χ0v) is 19.2. The smallest absolute Gasteiger partial charge is 0.433 e. The quantitative estimate of drug-likeness (QED) is 0.625. The second-order valence-corrected chi connectivity index (χ2v) is 9.15. The molecule has 3 heterocycles. The number of ether oxygens (including phenoxy) is 1. The molecule has 2 atom stereocenters. The molecule has 8 nitrogen and oxygen atoms in total. The van der Waals surface area contributed by atoms with E-state index in [1.807, 2.05) is 0 Å². The first kappa shape index (κ1) is 26.2. The van der Waals surface area contributed by atoms with Gasteiger partial charge in [-0.05, 0) is 39.0 Å². The van der Waals surface area contributed by atoms with Crippen molar-refractivity contribution in [3.05, 3.63) is 42.1 Å². The molecule has 1 aliphatic rings. The Kier molecular flexibility index (Phi) is 7.27. The van der Waals surface area contributed by atoms with Crippen LogP contribution in [0.15, 0.2) is 30.7 Å². The van der Waals surface area contributed by atoms with Crippen LogP contribution in [0, 0.1) is 0 Å². The van der Waals surface area contributed by atoms with Gasteiger partial charge in [0.1, 0.15) is 30.3 Å². The maximum Gasteiger partial charge on any atom is 0.433 e. The van der Waals surface area contributed by atoms with E-state index in [0.717, 1.165) is 23.5 Å². The first-order valence-electron chi connectivity index (χ1n) is 10.6. The maximum absolute atomic E-state index is 14.7. The predicted octanol–water partition coefficient (Wildman–Crippen LogP) is 3.86. The molecule has 0 radical (unpaired) electrons. The lowest BCUT2D eigenvalue weighted by Gasteiger charge is -2.27. The Morgan fingerprint density at radius 1 is 1.20 bits per heavy atom. The average Bonchev–Trinajstić information content (AvgIpc) is 3.15. The molecule has 0 saturated carbocycles. The number of pyridine rings is 1. The van der Waals surface area contributed by atoms with Crippen LogP contribution in [0.25, 0.3) is 11.3 Å². The second kappa shape index (κ2) is 9.70. The number of alkyl halides is 5. The Balaban J connectivity index is 1.70. The van der Waals surface area contributed by atoms with Crippen LogP contribution in [-0.2, 0) is 22.3 Å². The zero-order valence-electron chi connectivity index (χ0n) is 19.2.